The minimum atomic E-state index is -0.806. The number of carboxylic acids is 1. The van der Waals surface area contributed by atoms with Gasteiger partial charge in [0, 0.05) is 11.8 Å². The second kappa shape index (κ2) is 7.58. The highest BCUT2D eigenvalue weighted by Gasteiger charge is 2.19. The van der Waals surface area contributed by atoms with Gasteiger partial charge in [-0.25, -0.2) is 0 Å². The first kappa shape index (κ1) is 14.4. The van der Waals surface area contributed by atoms with Crippen molar-refractivity contribution in [3.05, 3.63) is 0 Å². The summed E-state index contributed by atoms with van der Waals surface area (Å²) in [4.78, 5) is 21.8. The highest BCUT2D eigenvalue weighted by molar-refractivity contribution is 7.99. The fourth-order valence-electron chi connectivity index (χ4n) is 2.00. The standard InChI is InChI=1S/C12H21NO3S/c1-9-2-4-10(5-3-9)13-11(14)8-17-7-6-12(15)16/h9-10H,2-8H2,1H3,(H,13,14)(H,15,16). The molecule has 1 rings (SSSR count). The lowest BCUT2D eigenvalue weighted by molar-refractivity contribution is -0.136. The van der Waals surface area contributed by atoms with Crippen molar-refractivity contribution < 1.29 is 14.7 Å². The number of carbonyl (C=O) groups excluding carboxylic acids is 1. The summed E-state index contributed by atoms with van der Waals surface area (Å²) in [6, 6.07) is 0.332. The van der Waals surface area contributed by atoms with Gasteiger partial charge in [0.15, 0.2) is 0 Å². The van der Waals surface area contributed by atoms with E-state index in [0.29, 0.717) is 17.5 Å². The third-order valence-electron chi connectivity index (χ3n) is 3.07. The minimum Gasteiger partial charge on any atom is -0.481 e. The maximum Gasteiger partial charge on any atom is 0.304 e. The van der Waals surface area contributed by atoms with Crippen molar-refractivity contribution in [2.75, 3.05) is 11.5 Å². The first-order chi connectivity index (χ1) is 8.08. The van der Waals surface area contributed by atoms with E-state index in [2.05, 4.69) is 12.2 Å². The van der Waals surface area contributed by atoms with Crippen molar-refractivity contribution >= 4 is 23.6 Å². The van der Waals surface area contributed by atoms with Crippen LogP contribution in [0.2, 0.25) is 0 Å². The molecule has 0 radical (unpaired) electrons. The van der Waals surface area contributed by atoms with E-state index in [9.17, 15) is 9.59 Å². The van der Waals surface area contributed by atoms with Gasteiger partial charge in [-0.2, -0.15) is 11.8 Å². The van der Waals surface area contributed by atoms with Crippen molar-refractivity contribution in [3.8, 4) is 0 Å². The van der Waals surface area contributed by atoms with E-state index in [0.717, 1.165) is 18.8 Å². The van der Waals surface area contributed by atoms with Crippen LogP contribution in [0.25, 0.3) is 0 Å². The molecule has 0 bridgehead atoms. The number of carboxylic acid groups (broad SMARTS) is 1. The summed E-state index contributed by atoms with van der Waals surface area (Å²) < 4.78 is 0. The van der Waals surface area contributed by atoms with Crippen LogP contribution >= 0.6 is 11.8 Å². The van der Waals surface area contributed by atoms with E-state index in [1.807, 2.05) is 0 Å². The Labute approximate surface area is 107 Å². The highest BCUT2D eigenvalue weighted by Crippen LogP contribution is 2.23. The van der Waals surface area contributed by atoms with Crippen LogP contribution < -0.4 is 5.32 Å². The molecular formula is C12H21NO3S. The van der Waals surface area contributed by atoms with Gasteiger partial charge in [0.05, 0.1) is 12.2 Å². The molecule has 0 spiro atoms. The molecule has 17 heavy (non-hydrogen) atoms. The van der Waals surface area contributed by atoms with Crippen LogP contribution in [0.5, 0.6) is 0 Å². The van der Waals surface area contributed by atoms with Gasteiger partial charge in [-0.05, 0) is 31.6 Å². The predicted molar refractivity (Wildman–Crippen MR) is 69.1 cm³/mol. The first-order valence-electron chi connectivity index (χ1n) is 6.17. The van der Waals surface area contributed by atoms with Crippen LogP contribution in [0.3, 0.4) is 0 Å². The molecule has 5 heteroatoms. The number of hydrogen-bond donors (Lipinski definition) is 2. The Morgan fingerprint density at radius 2 is 1.94 bits per heavy atom. The molecule has 0 atom stereocenters. The SMILES string of the molecule is CC1CCC(NC(=O)CSCCC(=O)O)CC1. The molecule has 1 saturated carbocycles. The second-order valence-electron chi connectivity index (χ2n) is 4.72. The van der Waals surface area contributed by atoms with Gasteiger partial charge >= 0.3 is 5.97 Å². The number of hydrogen-bond acceptors (Lipinski definition) is 3. The second-order valence-corrected chi connectivity index (χ2v) is 5.83. The average Bonchev–Trinajstić information content (AvgIpc) is 2.27. The summed E-state index contributed by atoms with van der Waals surface area (Å²) in [5, 5.41) is 11.5. The molecule has 2 N–H and O–H groups in total. The summed E-state index contributed by atoms with van der Waals surface area (Å²) in [6.45, 7) is 2.25. The van der Waals surface area contributed by atoms with E-state index < -0.39 is 5.97 Å². The number of aliphatic carboxylic acids is 1. The largest absolute Gasteiger partial charge is 0.481 e. The summed E-state index contributed by atoms with van der Waals surface area (Å²) >= 11 is 1.39. The Morgan fingerprint density at radius 1 is 1.29 bits per heavy atom. The quantitative estimate of drug-likeness (QED) is 0.715. The van der Waals surface area contributed by atoms with E-state index in [-0.39, 0.29) is 12.3 Å². The Bertz CT molecular complexity index is 262. The van der Waals surface area contributed by atoms with Crippen LogP contribution in [-0.2, 0) is 9.59 Å². The highest BCUT2D eigenvalue weighted by atomic mass is 32.2. The maximum atomic E-state index is 11.6. The molecule has 1 aliphatic carbocycles. The molecule has 0 aromatic rings. The molecule has 0 aromatic heterocycles. The van der Waals surface area contributed by atoms with Gasteiger partial charge in [0.25, 0.3) is 0 Å². The van der Waals surface area contributed by atoms with Gasteiger partial charge in [0.2, 0.25) is 5.91 Å². The lowest BCUT2D eigenvalue weighted by Crippen LogP contribution is -2.38. The first-order valence-corrected chi connectivity index (χ1v) is 7.32. The Morgan fingerprint density at radius 3 is 2.53 bits per heavy atom. The molecule has 1 amide bonds. The summed E-state index contributed by atoms with van der Waals surface area (Å²) in [6.07, 6.45) is 4.66. The Hall–Kier alpha value is -0.710. The number of carbonyl (C=O) groups is 2. The molecule has 1 aliphatic rings. The smallest absolute Gasteiger partial charge is 0.304 e. The number of nitrogens with one attached hydrogen (secondary N) is 1. The van der Waals surface area contributed by atoms with Crippen LogP contribution in [0, 0.1) is 5.92 Å². The van der Waals surface area contributed by atoms with Crippen molar-refractivity contribution in [2.45, 2.75) is 45.1 Å². The molecule has 0 aromatic carbocycles. The van der Waals surface area contributed by atoms with Crippen molar-refractivity contribution in [2.24, 2.45) is 5.92 Å². The fourth-order valence-corrected chi connectivity index (χ4v) is 2.73. The maximum absolute atomic E-state index is 11.6. The summed E-state index contributed by atoms with van der Waals surface area (Å²) in [5.74, 6) is 0.899. The zero-order valence-electron chi connectivity index (χ0n) is 10.3. The van der Waals surface area contributed by atoms with Gasteiger partial charge in [-0.3, -0.25) is 9.59 Å². The fraction of sp³-hybridized carbons (Fsp3) is 0.833. The molecule has 0 unspecified atom stereocenters. The van der Waals surface area contributed by atoms with Crippen LogP contribution in [0.15, 0.2) is 0 Å². The zero-order valence-corrected chi connectivity index (χ0v) is 11.1. The molecule has 0 aliphatic heterocycles. The minimum absolute atomic E-state index is 0.0416. The third-order valence-corrected chi connectivity index (χ3v) is 4.03. The molecule has 1 fully saturated rings. The summed E-state index contributed by atoms with van der Waals surface area (Å²) in [7, 11) is 0. The summed E-state index contributed by atoms with van der Waals surface area (Å²) in [5.41, 5.74) is 0. The topological polar surface area (TPSA) is 66.4 Å². The van der Waals surface area contributed by atoms with E-state index in [1.165, 1.54) is 24.6 Å². The monoisotopic (exact) mass is 259 g/mol. The predicted octanol–water partition coefficient (Wildman–Crippen LogP) is 1.89. The van der Waals surface area contributed by atoms with Crippen molar-refractivity contribution in [1.82, 2.24) is 5.32 Å². The van der Waals surface area contributed by atoms with Crippen LogP contribution in [0.4, 0.5) is 0 Å². The van der Waals surface area contributed by atoms with E-state index in [4.69, 9.17) is 5.11 Å². The van der Waals surface area contributed by atoms with Crippen molar-refractivity contribution in [3.63, 3.8) is 0 Å². The van der Waals surface area contributed by atoms with Crippen LogP contribution in [-0.4, -0.2) is 34.5 Å². The molecule has 0 heterocycles. The Balaban J connectivity index is 2.06. The van der Waals surface area contributed by atoms with E-state index in [1.54, 1.807) is 0 Å². The van der Waals surface area contributed by atoms with Gasteiger partial charge in [-0.1, -0.05) is 6.92 Å². The lowest BCUT2D eigenvalue weighted by atomic mass is 9.87. The lowest BCUT2D eigenvalue weighted by Gasteiger charge is -2.26. The van der Waals surface area contributed by atoms with E-state index >= 15 is 0 Å². The van der Waals surface area contributed by atoms with Crippen molar-refractivity contribution in [1.29, 1.82) is 0 Å². The van der Waals surface area contributed by atoms with Gasteiger partial charge in [-0.15, -0.1) is 0 Å². The zero-order chi connectivity index (χ0) is 12.7. The van der Waals surface area contributed by atoms with Gasteiger partial charge < -0.3 is 10.4 Å². The molecular weight excluding hydrogens is 238 g/mol. The normalized spacial score (nSPS) is 24.3. The van der Waals surface area contributed by atoms with Gasteiger partial charge in [0.1, 0.15) is 0 Å². The average molecular weight is 259 g/mol. The number of thioether (sulfide) groups is 1. The molecule has 98 valence electrons. The number of rotatable bonds is 6. The molecule has 0 saturated heterocycles. The third kappa shape index (κ3) is 6.56. The number of amides is 1. The van der Waals surface area contributed by atoms with Crippen LogP contribution in [0.1, 0.15) is 39.0 Å². The Kier molecular flexibility index (Phi) is 6.40. The molecule has 4 nitrogen and oxygen atoms in total.